The van der Waals surface area contributed by atoms with Crippen molar-refractivity contribution in [2.24, 2.45) is 0 Å². The van der Waals surface area contributed by atoms with Crippen LogP contribution in [0.4, 0.5) is 0 Å². The molecule has 1 fully saturated rings. The summed E-state index contributed by atoms with van der Waals surface area (Å²) in [5, 5.41) is 2.92. The van der Waals surface area contributed by atoms with E-state index >= 15 is 0 Å². The van der Waals surface area contributed by atoms with Gasteiger partial charge < -0.3 is 10.1 Å². The zero-order chi connectivity index (χ0) is 22.4. The second-order valence-corrected chi connectivity index (χ2v) is 10.2. The van der Waals surface area contributed by atoms with E-state index in [-0.39, 0.29) is 18.1 Å². The molecule has 1 unspecified atom stereocenters. The van der Waals surface area contributed by atoms with Gasteiger partial charge in [0.1, 0.15) is 5.75 Å². The first-order valence-corrected chi connectivity index (χ1v) is 12.3. The van der Waals surface area contributed by atoms with Gasteiger partial charge in [0.15, 0.2) is 0 Å². The van der Waals surface area contributed by atoms with Crippen molar-refractivity contribution in [3.63, 3.8) is 0 Å². The second-order valence-electron chi connectivity index (χ2n) is 8.31. The Balaban J connectivity index is 1.59. The molecular weight excluding hydrogens is 412 g/mol. The third-order valence-corrected chi connectivity index (χ3v) is 7.42. The number of carbonyl (C=O) groups is 1. The number of hydrogen-bond donors (Lipinski definition) is 1. The number of sulfonamides is 1. The monoisotopic (exact) mass is 444 g/mol. The van der Waals surface area contributed by atoms with E-state index in [4.69, 9.17) is 4.74 Å². The third-order valence-electron chi connectivity index (χ3n) is 5.45. The van der Waals surface area contributed by atoms with Crippen molar-refractivity contribution in [1.29, 1.82) is 0 Å². The van der Waals surface area contributed by atoms with Gasteiger partial charge in [0.2, 0.25) is 10.0 Å². The average molecular weight is 445 g/mol. The molecular formula is C24H32N2O4S. The zero-order valence-electron chi connectivity index (χ0n) is 18.5. The molecule has 1 heterocycles. The molecule has 0 saturated carbocycles. The topological polar surface area (TPSA) is 75.7 Å². The number of ether oxygens (including phenoxy) is 1. The van der Waals surface area contributed by atoms with Gasteiger partial charge in [0.25, 0.3) is 5.91 Å². The predicted octanol–water partition coefficient (Wildman–Crippen LogP) is 4.15. The summed E-state index contributed by atoms with van der Waals surface area (Å²) in [6, 6.07) is 13.9. The van der Waals surface area contributed by atoms with Gasteiger partial charge in [0, 0.05) is 24.7 Å². The number of nitrogens with zero attached hydrogens (tertiary/aromatic N) is 1. The fraction of sp³-hybridized carbons (Fsp3) is 0.458. The van der Waals surface area contributed by atoms with E-state index in [0.717, 1.165) is 30.6 Å². The normalized spacial score (nSPS) is 17.5. The Bertz CT molecular complexity index is 970. The van der Waals surface area contributed by atoms with Crippen LogP contribution in [0.1, 0.15) is 55.5 Å². The fourth-order valence-corrected chi connectivity index (χ4v) is 5.56. The summed E-state index contributed by atoms with van der Waals surface area (Å²) in [6.45, 7) is 6.79. The number of carbonyl (C=O) groups excluding carboxylic acids is 1. The quantitative estimate of drug-likeness (QED) is 0.664. The van der Waals surface area contributed by atoms with Gasteiger partial charge >= 0.3 is 0 Å². The Labute approximate surface area is 185 Å². The molecule has 0 radical (unpaired) electrons. The molecule has 0 spiro atoms. The summed E-state index contributed by atoms with van der Waals surface area (Å²) in [5.41, 5.74) is 1.59. The highest BCUT2D eigenvalue weighted by Gasteiger charge is 2.33. The maximum Gasteiger partial charge on any atom is 0.251 e. The lowest BCUT2D eigenvalue weighted by atomic mass is 10.0. The number of hydrogen-bond acceptors (Lipinski definition) is 4. The maximum absolute atomic E-state index is 13.2. The van der Waals surface area contributed by atoms with Crippen molar-refractivity contribution in [1.82, 2.24) is 9.62 Å². The minimum atomic E-state index is -3.54. The molecule has 1 aliphatic rings. The predicted molar refractivity (Wildman–Crippen MR) is 122 cm³/mol. The minimum absolute atomic E-state index is 0.0781. The van der Waals surface area contributed by atoms with Gasteiger partial charge in [-0.3, -0.25) is 4.79 Å². The van der Waals surface area contributed by atoms with Crippen molar-refractivity contribution in [3.05, 3.63) is 59.7 Å². The van der Waals surface area contributed by atoms with E-state index in [2.05, 4.69) is 5.32 Å². The number of aryl methyl sites for hydroxylation is 1. The Morgan fingerprint density at radius 2 is 1.77 bits per heavy atom. The summed E-state index contributed by atoms with van der Waals surface area (Å²) in [6.07, 6.45) is 3.33. The summed E-state index contributed by atoms with van der Waals surface area (Å²) in [7, 11) is -3.54. The van der Waals surface area contributed by atoms with E-state index in [1.807, 2.05) is 32.9 Å². The zero-order valence-corrected chi connectivity index (χ0v) is 19.3. The summed E-state index contributed by atoms with van der Waals surface area (Å²) in [5.74, 6) is 0.561. The molecule has 0 aliphatic carbocycles. The number of nitrogens with one attached hydrogen (secondary N) is 1. The Morgan fingerprint density at radius 3 is 2.42 bits per heavy atom. The lowest BCUT2D eigenvalue weighted by molar-refractivity contribution is 0.0949. The SMILES string of the molecule is Cc1ccc(S(=O)(=O)N2CCCCC2CCNC(=O)c2ccc(OC(C)C)cc2)cc1. The number of rotatable bonds is 8. The van der Waals surface area contributed by atoms with Crippen LogP contribution in [0.3, 0.4) is 0 Å². The lowest BCUT2D eigenvalue weighted by Crippen LogP contribution is -2.45. The van der Waals surface area contributed by atoms with Gasteiger partial charge in [0.05, 0.1) is 11.0 Å². The van der Waals surface area contributed by atoms with Crippen LogP contribution in [0.25, 0.3) is 0 Å². The molecule has 2 aromatic carbocycles. The molecule has 0 aromatic heterocycles. The molecule has 168 valence electrons. The highest BCUT2D eigenvalue weighted by Crippen LogP contribution is 2.27. The van der Waals surface area contributed by atoms with Crippen LogP contribution in [0, 0.1) is 6.92 Å². The van der Waals surface area contributed by atoms with Gasteiger partial charge in [-0.2, -0.15) is 4.31 Å². The first-order chi connectivity index (χ1) is 14.8. The summed E-state index contributed by atoms with van der Waals surface area (Å²) < 4.78 is 33.5. The maximum atomic E-state index is 13.2. The Morgan fingerprint density at radius 1 is 1.10 bits per heavy atom. The molecule has 2 aromatic rings. The molecule has 6 nitrogen and oxygen atoms in total. The molecule has 1 aliphatic heterocycles. The third kappa shape index (κ3) is 6.08. The van der Waals surface area contributed by atoms with Crippen LogP contribution in [0.2, 0.25) is 0 Å². The Hall–Kier alpha value is -2.38. The van der Waals surface area contributed by atoms with E-state index in [9.17, 15) is 13.2 Å². The Kier molecular flexibility index (Phi) is 7.73. The number of piperidine rings is 1. The molecule has 7 heteroatoms. The van der Waals surface area contributed by atoms with E-state index < -0.39 is 10.0 Å². The van der Waals surface area contributed by atoms with Crippen LogP contribution < -0.4 is 10.1 Å². The van der Waals surface area contributed by atoms with Crippen LogP contribution in [0.5, 0.6) is 5.75 Å². The van der Waals surface area contributed by atoms with Crippen molar-refractivity contribution in [2.75, 3.05) is 13.1 Å². The number of benzene rings is 2. The fourth-order valence-electron chi connectivity index (χ4n) is 3.84. The molecule has 31 heavy (non-hydrogen) atoms. The molecule has 1 amide bonds. The number of amides is 1. The van der Waals surface area contributed by atoms with Crippen molar-refractivity contribution in [3.8, 4) is 5.75 Å². The average Bonchev–Trinajstić information content (AvgIpc) is 2.74. The molecule has 1 saturated heterocycles. The van der Waals surface area contributed by atoms with Gasteiger partial charge in [-0.15, -0.1) is 0 Å². The first-order valence-electron chi connectivity index (χ1n) is 10.9. The smallest absolute Gasteiger partial charge is 0.251 e. The van der Waals surface area contributed by atoms with E-state index in [0.29, 0.717) is 30.0 Å². The minimum Gasteiger partial charge on any atom is -0.491 e. The van der Waals surface area contributed by atoms with Crippen LogP contribution in [0.15, 0.2) is 53.4 Å². The van der Waals surface area contributed by atoms with Crippen LogP contribution in [-0.4, -0.2) is 43.9 Å². The molecule has 3 rings (SSSR count). The summed E-state index contributed by atoms with van der Waals surface area (Å²) >= 11 is 0. The van der Waals surface area contributed by atoms with Crippen LogP contribution in [-0.2, 0) is 10.0 Å². The molecule has 1 N–H and O–H groups in total. The first kappa shape index (κ1) is 23.3. The van der Waals surface area contributed by atoms with Crippen LogP contribution >= 0.6 is 0 Å². The highest BCUT2D eigenvalue weighted by molar-refractivity contribution is 7.89. The largest absolute Gasteiger partial charge is 0.491 e. The standard InChI is InChI=1S/C24H32N2O4S/c1-18(2)30-22-11-9-20(10-12-22)24(27)25-16-15-21-6-4-5-17-26(21)31(28,29)23-13-7-19(3)8-14-23/h7-14,18,21H,4-6,15-17H2,1-3H3,(H,25,27). The van der Waals surface area contributed by atoms with Gasteiger partial charge in [-0.05, 0) is 76.4 Å². The van der Waals surface area contributed by atoms with Gasteiger partial charge in [-0.1, -0.05) is 24.1 Å². The molecule has 1 atom stereocenters. The lowest BCUT2D eigenvalue weighted by Gasteiger charge is -2.34. The van der Waals surface area contributed by atoms with Crippen molar-refractivity contribution >= 4 is 15.9 Å². The highest BCUT2D eigenvalue weighted by atomic mass is 32.2. The van der Waals surface area contributed by atoms with Crippen molar-refractivity contribution < 1.29 is 17.9 Å². The van der Waals surface area contributed by atoms with E-state index in [1.165, 1.54) is 0 Å². The molecule has 0 bridgehead atoms. The van der Waals surface area contributed by atoms with Gasteiger partial charge in [-0.25, -0.2) is 8.42 Å². The second kappa shape index (κ2) is 10.3. The van der Waals surface area contributed by atoms with Crippen molar-refractivity contribution in [2.45, 2.75) is 63.5 Å². The summed E-state index contributed by atoms with van der Waals surface area (Å²) in [4.78, 5) is 12.8. The van der Waals surface area contributed by atoms with E-state index in [1.54, 1.807) is 40.7 Å².